The standard InChI is InChI=1S/C18H22BrNO4/c1-5-6-7-20-16(21)13-9-11-8-12(19)10-14(24-18(2,3)4)15(11)23-17(13)22/h8-10H,5-7H2,1-4H3,(H,20,21). The molecule has 0 radical (unpaired) electrons. The first kappa shape index (κ1) is 18.5. The maximum absolute atomic E-state index is 12.2. The molecular weight excluding hydrogens is 374 g/mol. The number of hydrogen-bond acceptors (Lipinski definition) is 4. The highest BCUT2D eigenvalue weighted by molar-refractivity contribution is 9.10. The lowest BCUT2D eigenvalue weighted by atomic mass is 10.1. The van der Waals surface area contributed by atoms with Crippen LogP contribution >= 0.6 is 15.9 Å². The van der Waals surface area contributed by atoms with E-state index in [9.17, 15) is 9.59 Å². The largest absolute Gasteiger partial charge is 0.484 e. The summed E-state index contributed by atoms with van der Waals surface area (Å²) in [6, 6.07) is 5.08. The maximum atomic E-state index is 12.2. The third-order valence-corrected chi connectivity index (χ3v) is 3.70. The van der Waals surface area contributed by atoms with Crippen molar-refractivity contribution in [2.75, 3.05) is 6.54 Å². The van der Waals surface area contributed by atoms with Crippen molar-refractivity contribution in [2.24, 2.45) is 0 Å². The molecule has 0 saturated heterocycles. The van der Waals surface area contributed by atoms with E-state index in [1.54, 1.807) is 18.2 Å². The van der Waals surface area contributed by atoms with Gasteiger partial charge in [-0.3, -0.25) is 4.79 Å². The van der Waals surface area contributed by atoms with Crippen LogP contribution in [0.15, 0.2) is 31.9 Å². The molecule has 24 heavy (non-hydrogen) atoms. The number of fused-ring (bicyclic) bond motifs is 1. The molecule has 130 valence electrons. The Kier molecular flexibility index (Phi) is 5.70. The summed E-state index contributed by atoms with van der Waals surface area (Å²) in [4.78, 5) is 24.4. The molecular formula is C18H22BrNO4. The number of carbonyl (C=O) groups is 1. The van der Waals surface area contributed by atoms with Gasteiger partial charge in [-0.25, -0.2) is 4.79 Å². The third kappa shape index (κ3) is 4.60. The summed E-state index contributed by atoms with van der Waals surface area (Å²) >= 11 is 3.42. The van der Waals surface area contributed by atoms with E-state index in [1.165, 1.54) is 0 Å². The van der Waals surface area contributed by atoms with Crippen LogP contribution in [0.2, 0.25) is 0 Å². The Morgan fingerprint density at radius 1 is 1.29 bits per heavy atom. The molecule has 0 bridgehead atoms. The van der Waals surface area contributed by atoms with E-state index in [4.69, 9.17) is 9.15 Å². The van der Waals surface area contributed by atoms with Crippen LogP contribution in [0.4, 0.5) is 0 Å². The molecule has 1 N–H and O–H groups in total. The van der Waals surface area contributed by atoms with Gasteiger partial charge in [0.15, 0.2) is 11.3 Å². The van der Waals surface area contributed by atoms with Gasteiger partial charge in [-0.2, -0.15) is 0 Å². The number of nitrogens with one attached hydrogen (secondary N) is 1. The second-order valence-corrected chi connectivity index (χ2v) is 7.51. The quantitative estimate of drug-likeness (QED) is 0.606. The van der Waals surface area contributed by atoms with Crippen molar-refractivity contribution < 1.29 is 13.9 Å². The fourth-order valence-electron chi connectivity index (χ4n) is 2.21. The number of amides is 1. The van der Waals surface area contributed by atoms with E-state index in [0.29, 0.717) is 23.3 Å². The molecule has 1 aromatic carbocycles. The molecule has 5 nitrogen and oxygen atoms in total. The van der Waals surface area contributed by atoms with E-state index in [2.05, 4.69) is 21.2 Å². The number of unbranched alkanes of at least 4 members (excludes halogenated alkanes) is 1. The van der Waals surface area contributed by atoms with Crippen LogP contribution in [-0.2, 0) is 0 Å². The van der Waals surface area contributed by atoms with Crippen LogP contribution in [0.5, 0.6) is 5.75 Å². The van der Waals surface area contributed by atoms with Crippen molar-refractivity contribution in [1.29, 1.82) is 0 Å². The second kappa shape index (κ2) is 7.38. The minimum absolute atomic E-state index is 0.00147. The zero-order chi connectivity index (χ0) is 17.9. The van der Waals surface area contributed by atoms with Crippen LogP contribution in [0, 0.1) is 0 Å². The smallest absolute Gasteiger partial charge is 0.349 e. The number of hydrogen-bond donors (Lipinski definition) is 1. The van der Waals surface area contributed by atoms with Crippen molar-refractivity contribution in [2.45, 2.75) is 46.1 Å². The molecule has 1 amide bonds. The Labute approximate surface area is 149 Å². The molecule has 1 aromatic heterocycles. The highest BCUT2D eigenvalue weighted by atomic mass is 79.9. The minimum Gasteiger partial charge on any atom is -0.484 e. The van der Waals surface area contributed by atoms with Crippen LogP contribution in [0.3, 0.4) is 0 Å². The average Bonchev–Trinajstić information content (AvgIpc) is 2.46. The lowest BCUT2D eigenvalue weighted by molar-refractivity contribution is 0.0949. The summed E-state index contributed by atoms with van der Waals surface area (Å²) in [7, 11) is 0. The Morgan fingerprint density at radius 2 is 2.00 bits per heavy atom. The summed E-state index contributed by atoms with van der Waals surface area (Å²) in [6.45, 7) is 8.29. The average molecular weight is 396 g/mol. The van der Waals surface area contributed by atoms with Gasteiger partial charge in [-0.15, -0.1) is 0 Å². The number of carbonyl (C=O) groups excluding carboxylic acids is 1. The Balaban J connectivity index is 2.47. The van der Waals surface area contributed by atoms with Gasteiger partial charge in [0.05, 0.1) is 0 Å². The SMILES string of the molecule is CCCCNC(=O)c1cc2cc(Br)cc(OC(C)(C)C)c2oc1=O. The summed E-state index contributed by atoms with van der Waals surface area (Å²) in [5.74, 6) is 0.0410. The van der Waals surface area contributed by atoms with Crippen molar-refractivity contribution in [3.8, 4) is 5.75 Å². The molecule has 0 spiro atoms. The summed E-state index contributed by atoms with van der Waals surface area (Å²) in [6.07, 6.45) is 1.83. The van der Waals surface area contributed by atoms with Gasteiger partial charge < -0.3 is 14.5 Å². The van der Waals surface area contributed by atoms with Crippen LogP contribution < -0.4 is 15.7 Å². The fourth-order valence-corrected chi connectivity index (χ4v) is 2.66. The Hall–Kier alpha value is -1.82. The topological polar surface area (TPSA) is 68.5 Å². The van der Waals surface area contributed by atoms with Gasteiger partial charge in [0.2, 0.25) is 0 Å². The zero-order valence-electron chi connectivity index (χ0n) is 14.4. The monoisotopic (exact) mass is 395 g/mol. The van der Waals surface area contributed by atoms with E-state index < -0.39 is 17.1 Å². The molecule has 0 aliphatic carbocycles. The van der Waals surface area contributed by atoms with E-state index in [0.717, 1.165) is 17.3 Å². The van der Waals surface area contributed by atoms with Gasteiger partial charge in [0.25, 0.3) is 5.91 Å². The highest BCUT2D eigenvalue weighted by Crippen LogP contribution is 2.32. The molecule has 0 unspecified atom stereocenters. The summed E-state index contributed by atoms with van der Waals surface area (Å²) in [5.41, 5.74) is -0.776. The lowest BCUT2D eigenvalue weighted by Crippen LogP contribution is -2.29. The van der Waals surface area contributed by atoms with Crippen molar-refractivity contribution >= 4 is 32.8 Å². The van der Waals surface area contributed by atoms with Crippen molar-refractivity contribution in [1.82, 2.24) is 5.32 Å². The van der Waals surface area contributed by atoms with Crippen LogP contribution in [-0.4, -0.2) is 18.1 Å². The molecule has 6 heteroatoms. The molecule has 2 aromatic rings. The number of rotatable bonds is 5. The first-order chi connectivity index (χ1) is 11.2. The van der Waals surface area contributed by atoms with Gasteiger partial charge in [0.1, 0.15) is 11.2 Å². The number of ether oxygens (including phenoxy) is 1. The maximum Gasteiger partial charge on any atom is 0.349 e. The minimum atomic E-state index is -0.669. The molecule has 0 saturated carbocycles. The van der Waals surface area contributed by atoms with Crippen LogP contribution in [0.25, 0.3) is 11.0 Å². The van der Waals surface area contributed by atoms with Gasteiger partial charge in [0, 0.05) is 16.4 Å². The molecule has 0 aliphatic heterocycles. The van der Waals surface area contributed by atoms with Crippen LogP contribution in [0.1, 0.15) is 50.9 Å². The highest BCUT2D eigenvalue weighted by Gasteiger charge is 2.19. The van der Waals surface area contributed by atoms with Gasteiger partial charge in [-0.05, 0) is 45.4 Å². The molecule has 0 aliphatic rings. The normalized spacial score (nSPS) is 11.5. The molecule has 0 atom stereocenters. The molecule has 0 fully saturated rings. The van der Waals surface area contributed by atoms with Gasteiger partial charge >= 0.3 is 5.63 Å². The number of halogens is 1. The predicted octanol–water partition coefficient (Wildman–Crippen LogP) is 4.26. The first-order valence-electron chi connectivity index (χ1n) is 7.96. The summed E-state index contributed by atoms with van der Waals surface area (Å²) in [5, 5.41) is 3.36. The zero-order valence-corrected chi connectivity index (χ0v) is 16.0. The predicted molar refractivity (Wildman–Crippen MR) is 97.8 cm³/mol. The molecule has 2 rings (SSSR count). The van der Waals surface area contributed by atoms with Gasteiger partial charge in [-0.1, -0.05) is 29.3 Å². The Bertz CT molecular complexity index is 805. The van der Waals surface area contributed by atoms with E-state index in [1.807, 2.05) is 27.7 Å². The lowest BCUT2D eigenvalue weighted by Gasteiger charge is -2.22. The van der Waals surface area contributed by atoms with E-state index in [-0.39, 0.29) is 5.56 Å². The number of benzene rings is 1. The van der Waals surface area contributed by atoms with Crippen molar-refractivity contribution in [3.05, 3.63) is 38.7 Å². The third-order valence-electron chi connectivity index (χ3n) is 3.24. The fraction of sp³-hybridized carbons (Fsp3) is 0.444. The van der Waals surface area contributed by atoms with Crippen molar-refractivity contribution in [3.63, 3.8) is 0 Å². The Morgan fingerprint density at radius 3 is 2.62 bits per heavy atom. The molecule has 1 heterocycles. The second-order valence-electron chi connectivity index (χ2n) is 6.59. The summed E-state index contributed by atoms with van der Waals surface area (Å²) < 4.78 is 12.0. The first-order valence-corrected chi connectivity index (χ1v) is 8.75. The van der Waals surface area contributed by atoms with E-state index >= 15 is 0 Å².